The van der Waals surface area contributed by atoms with E-state index in [0.717, 1.165) is 12.3 Å². The fourth-order valence-corrected chi connectivity index (χ4v) is 5.12. The Morgan fingerprint density at radius 1 is 1.30 bits per heavy atom. The van der Waals surface area contributed by atoms with Crippen LogP contribution in [0.1, 0.15) is 20.0 Å². The number of amides is 2. The van der Waals surface area contributed by atoms with Gasteiger partial charge in [0.1, 0.15) is 10.7 Å². The molecule has 2 atom stereocenters. The van der Waals surface area contributed by atoms with Gasteiger partial charge in [0, 0.05) is 43.7 Å². The minimum Gasteiger partial charge on any atom is -0.396 e. The van der Waals surface area contributed by atoms with Gasteiger partial charge in [-0.15, -0.1) is 11.3 Å². The molecule has 27 heavy (non-hydrogen) atoms. The van der Waals surface area contributed by atoms with Crippen LogP contribution in [0.2, 0.25) is 5.02 Å². The van der Waals surface area contributed by atoms with Crippen LogP contribution in [0.4, 0.5) is 4.39 Å². The van der Waals surface area contributed by atoms with Gasteiger partial charge in [-0.3, -0.25) is 14.6 Å². The molecule has 0 saturated carbocycles. The Morgan fingerprint density at radius 3 is 2.56 bits per heavy atom. The molecule has 2 aliphatic heterocycles. The smallest absolute Gasteiger partial charge is 0.265 e. The highest BCUT2D eigenvalue weighted by Gasteiger charge is 2.54. The van der Waals surface area contributed by atoms with Crippen LogP contribution in [0, 0.1) is 17.2 Å². The number of likely N-dealkylation sites (tertiary alicyclic amines) is 2. The highest BCUT2D eigenvalue weighted by Crippen LogP contribution is 2.43. The zero-order valence-electron chi connectivity index (χ0n) is 14.3. The number of aliphatic hydroxyl groups is 1. The molecule has 9 heteroatoms. The molecule has 2 aromatic heterocycles. The third-order valence-electron chi connectivity index (χ3n) is 5.41. The van der Waals surface area contributed by atoms with Crippen LogP contribution in [-0.4, -0.2) is 64.5 Å². The fraction of sp³-hybridized carbons (Fsp3) is 0.389. The number of fused-ring (bicyclic) bond motifs is 1. The molecule has 0 spiro atoms. The minimum absolute atomic E-state index is 0.0457. The molecule has 0 aromatic carbocycles. The number of nitrogens with zero attached hydrogens (tertiary/aromatic N) is 3. The minimum atomic E-state index is -0.574. The molecule has 2 aromatic rings. The number of carbonyl (C=O) groups excluding carboxylic acids is 2. The van der Waals surface area contributed by atoms with E-state index < -0.39 is 11.2 Å². The summed E-state index contributed by atoms with van der Waals surface area (Å²) >= 11 is 7.36. The average Bonchev–Trinajstić information content (AvgIpc) is 3.32. The van der Waals surface area contributed by atoms with Crippen LogP contribution in [0.3, 0.4) is 0 Å². The zero-order chi connectivity index (χ0) is 19.2. The Hall–Kier alpha value is -2.03. The van der Waals surface area contributed by atoms with Crippen molar-refractivity contribution in [1.82, 2.24) is 14.8 Å². The second kappa shape index (κ2) is 6.85. The Balaban J connectivity index is 1.51. The highest BCUT2D eigenvalue weighted by atomic mass is 35.5. The third-order valence-corrected chi connectivity index (χ3v) is 6.74. The normalized spacial score (nSPS) is 24.3. The molecule has 2 amide bonds. The first-order chi connectivity index (χ1) is 12.9. The maximum absolute atomic E-state index is 13.4. The zero-order valence-corrected chi connectivity index (χ0v) is 15.8. The molecule has 2 aliphatic rings. The first-order valence-corrected chi connectivity index (χ1v) is 9.72. The summed E-state index contributed by atoms with van der Waals surface area (Å²) in [6.07, 6.45) is 2.38. The summed E-state index contributed by atoms with van der Waals surface area (Å²) in [6, 6.07) is 2.84. The van der Waals surface area contributed by atoms with E-state index in [9.17, 15) is 19.1 Å². The molecule has 0 aliphatic carbocycles. The van der Waals surface area contributed by atoms with E-state index in [0.29, 0.717) is 36.1 Å². The number of hydrogen-bond acceptors (Lipinski definition) is 5. The van der Waals surface area contributed by atoms with E-state index in [2.05, 4.69) is 4.98 Å². The predicted molar refractivity (Wildman–Crippen MR) is 98.3 cm³/mol. The van der Waals surface area contributed by atoms with Gasteiger partial charge in [0.15, 0.2) is 0 Å². The topological polar surface area (TPSA) is 73.7 Å². The monoisotopic (exact) mass is 409 g/mol. The first kappa shape index (κ1) is 18.3. The van der Waals surface area contributed by atoms with E-state index in [1.807, 2.05) is 0 Å². The summed E-state index contributed by atoms with van der Waals surface area (Å²) in [6.45, 7) is 1.37. The van der Waals surface area contributed by atoms with E-state index in [1.165, 1.54) is 17.5 Å². The SMILES string of the molecule is O=C(c1cncc(F)c1)N1CC2CN(C(=O)c3sccc3Cl)CC2(CO)C1. The predicted octanol–water partition coefficient (Wildman–Crippen LogP) is 2.14. The summed E-state index contributed by atoms with van der Waals surface area (Å²) in [4.78, 5) is 32.9. The van der Waals surface area contributed by atoms with Crippen molar-refractivity contribution in [3.63, 3.8) is 0 Å². The molecule has 0 bridgehead atoms. The second-order valence-corrected chi connectivity index (χ2v) is 8.40. The van der Waals surface area contributed by atoms with Gasteiger partial charge in [-0.2, -0.15) is 0 Å². The van der Waals surface area contributed by atoms with E-state index in [1.54, 1.807) is 21.2 Å². The molecule has 6 nitrogen and oxygen atoms in total. The molecule has 2 saturated heterocycles. The molecule has 4 rings (SSSR count). The Kier molecular flexibility index (Phi) is 4.65. The third kappa shape index (κ3) is 3.11. The van der Waals surface area contributed by atoms with Gasteiger partial charge in [-0.05, 0) is 17.5 Å². The van der Waals surface area contributed by atoms with Crippen molar-refractivity contribution in [1.29, 1.82) is 0 Å². The van der Waals surface area contributed by atoms with Crippen LogP contribution < -0.4 is 0 Å². The molecule has 4 heterocycles. The summed E-state index contributed by atoms with van der Waals surface area (Å²) < 4.78 is 13.4. The largest absolute Gasteiger partial charge is 0.396 e. The molecule has 1 N–H and O–H groups in total. The molecule has 2 fully saturated rings. The number of thiophene rings is 1. The number of carbonyl (C=O) groups is 2. The van der Waals surface area contributed by atoms with Crippen molar-refractivity contribution >= 4 is 34.8 Å². The number of hydrogen-bond donors (Lipinski definition) is 1. The Labute approximate surface area is 164 Å². The summed E-state index contributed by atoms with van der Waals surface area (Å²) in [5, 5.41) is 12.2. The fourth-order valence-electron chi connectivity index (χ4n) is 4.01. The molecule has 0 radical (unpaired) electrons. The lowest BCUT2D eigenvalue weighted by Gasteiger charge is -2.27. The number of rotatable bonds is 3. The maximum atomic E-state index is 13.4. The number of aliphatic hydroxyl groups excluding tert-OH is 1. The van der Waals surface area contributed by atoms with Crippen LogP contribution in [-0.2, 0) is 0 Å². The van der Waals surface area contributed by atoms with Crippen molar-refractivity contribution in [3.8, 4) is 0 Å². The maximum Gasteiger partial charge on any atom is 0.265 e. The van der Waals surface area contributed by atoms with Crippen molar-refractivity contribution in [2.24, 2.45) is 11.3 Å². The van der Waals surface area contributed by atoms with Gasteiger partial charge < -0.3 is 14.9 Å². The van der Waals surface area contributed by atoms with E-state index in [-0.39, 0.29) is 29.9 Å². The standard InChI is InChI=1S/C18H17ClFN3O3S/c19-14-1-2-27-15(14)17(26)23-7-12-6-22(8-18(12,9-23)10-24)16(25)11-3-13(20)5-21-4-11/h1-5,12,24H,6-10H2. The molecule has 2 unspecified atom stereocenters. The number of pyridine rings is 1. The molecular formula is C18H17ClFN3O3S. The summed E-state index contributed by atoms with van der Waals surface area (Å²) in [7, 11) is 0. The summed E-state index contributed by atoms with van der Waals surface area (Å²) in [5.41, 5.74) is -0.392. The van der Waals surface area contributed by atoms with E-state index in [4.69, 9.17) is 11.6 Å². The lowest BCUT2D eigenvalue weighted by Crippen LogP contribution is -2.40. The lowest BCUT2D eigenvalue weighted by molar-refractivity contribution is 0.0668. The van der Waals surface area contributed by atoms with Gasteiger partial charge in [-0.25, -0.2) is 4.39 Å². The van der Waals surface area contributed by atoms with Gasteiger partial charge in [0.2, 0.25) is 0 Å². The first-order valence-electron chi connectivity index (χ1n) is 8.46. The van der Waals surface area contributed by atoms with Crippen LogP contribution in [0.5, 0.6) is 0 Å². The summed E-state index contributed by atoms with van der Waals surface area (Å²) in [5.74, 6) is -1.08. The van der Waals surface area contributed by atoms with Crippen molar-refractivity contribution in [2.45, 2.75) is 0 Å². The van der Waals surface area contributed by atoms with Gasteiger partial charge >= 0.3 is 0 Å². The number of halogens is 2. The van der Waals surface area contributed by atoms with Crippen molar-refractivity contribution < 1.29 is 19.1 Å². The number of aromatic nitrogens is 1. The Bertz CT molecular complexity index is 907. The van der Waals surface area contributed by atoms with Crippen LogP contribution in [0.15, 0.2) is 29.9 Å². The molecule has 142 valence electrons. The van der Waals surface area contributed by atoms with Crippen LogP contribution in [0.25, 0.3) is 0 Å². The van der Waals surface area contributed by atoms with Crippen molar-refractivity contribution in [2.75, 3.05) is 32.8 Å². The molecular weight excluding hydrogens is 393 g/mol. The van der Waals surface area contributed by atoms with Crippen molar-refractivity contribution in [3.05, 3.63) is 51.2 Å². The second-order valence-electron chi connectivity index (χ2n) is 7.08. The lowest BCUT2D eigenvalue weighted by atomic mass is 9.82. The van der Waals surface area contributed by atoms with Gasteiger partial charge in [0.05, 0.1) is 23.4 Å². The van der Waals surface area contributed by atoms with Gasteiger partial charge in [0.25, 0.3) is 11.8 Å². The van der Waals surface area contributed by atoms with Gasteiger partial charge in [-0.1, -0.05) is 11.6 Å². The Morgan fingerprint density at radius 2 is 2.00 bits per heavy atom. The quantitative estimate of drug-likeness (QED) is 0.843. The average molecular weight is 410 g/mol. The highest BCUT2D eigenvalue weighted by molar-refractivity contribution is 7.12. The van der Waals surface area contributed by atoms with E-state index >= 15 is 0 Å². The van der Waals surface area contributed by atoms with Crippen LogP contribution >= 0.6 is 22.9 Å².